The van der Waals surface area contributed by atoms with Crippen LogP contribution in [0.2, 0.25) is 0 Å². The van der Waals surface area contributed by atoms with Gasteiger partial charge in [-0.25, -0.2) is 19.3 Å². The molecule has 0 radical (unpaired) electrons. The second-order valence-corrected chi connectivity index (χ2v) is 5.63. The average Bonchev–Trinajstić information content (AvgIpc) is 3.29. The molecule has 0 atom stereocenters. The molecule has 9 heteroatoms. The first-order valence-corrected chi connectivity index (χ1v) is 7.24. The van der Waals surface area contributed by atoms with Crippen molar-refractivity contribution in [1.82, 2.24) is 19.5 Å². The number of nitrogens with zero attached hydrogens (tertiary/aromatic N) is 4. The van der Waals surface area contributed by atoms with E-state index in [1.165, 1.54) is 18.2 Å². The molecule has 0 bridgehead atoms. The van der Waals surface area contributed by atoms with Gasteiger partial charge in [0.25, 0.3) is 0 Å². The fourth-order valence-electron chi connectivity index (χ4n) is 2.63. The summed E-state index contributed by atoms with van der Waals surface area (Å²) >= 11 is 0. The number of hydrogen-bond acceptors (Lipinski definition) is 4. The molecule has 1 fully saturated rings. The third-order valence-electron chi connectivity index (χ3n) is 3.87. The number of halogens is 4. The number of para-hydroxylation sites is 1. The van der Waals surface area contributed by atoms with Gasteiger partial charge in [-0.3, -0.25) is 4.57 Å². The summed E-state index contributed by atoms with van der Waals surface area (Å²) in [5, 5.41) is 0. The monoisotopic (exact) mass is 337 g/mol. The van der Waals surface area contributed by atoms with Crippen LogP contribution in [0.25, 0.3) is 16.9 Å². The average molecular weight is 337 g/mol. The van der Waals surface area contributed by atoms with Crippen molar-refractivity contribution < 1.29 is 17.6 Å². The van der Waals surface area contributed by atoms with Crippen LogP contribution in [0.5, 0.6) is 0 Å². The van der Waals surface area contributed by atoms with E-state index in [0.717, 1.165) is 17.4 Å². The zero-order valence-electron chi connectivity index (χ0n) is 12.2. The minimum absolute atomic E-state index is 0.00827. The molecule has 124 valence electrons. The zero-order valence-corrected chi connectivity index (χ0v) is 12.2. The van der Waals surface area contributed by atoms with E-state index < -0.39 is 17.8 Å². The lowest BCUT2D eigenvalue weighted by Gasteiger charge is -2.10. The molecule has 1 aliphatic carbocycles. The van der Waals surface area contributed by atoms with Crippen LogP contribution in [0.4, 0.5) is 23.5 Å². The molecular formula is C15H11F4N5. The molecule has 2 heterocycles. The Morgan fingerprint density at radius 1 is 1.08 bits per heavy atom. The van der Waals surface area contributed by atoms with Crippen LogP contribution in [-0.4, -0.2) is 19.5 Å². The van der Waals surface area contributed by atoms with Gasteiger partial charge in [-0.05, 0) is 25.0 Å². The van der Waals surface area contributed by atoms with Gasteiger partial charge in [0.1, 0.15) is 11.3 Å². The number of benzene rings is 1. The van der Waals surface area contributed by atoms with E-state index in [2.05, 4.69) is 15.0 Å². The Morgan fingerprint density at radius 3 is 2.42 bits per heavy atom. The molecule has 3 aromatic rings. The van der Waals surface area contributed by atoms with Crippen LogP contribution < -0.4 is 5.73 Å². The van der Waals surface area contributed by atoms with Gasteiger partial charge in [-0.15, -0.1) is 0 Å². The predicted octanol–water partition coefficient (Wildman–Crippen LogP) is 3.43. The number of rotatable bonds is 2. The number of aromatic nitrogens is 4. The van der Waals surface area contributed by atoms with Crippen molar-refractivity contribution in [3.05, 3.63) is 41.6 Å². The number of imidazole rings is 1. The first-order chi connectivity index (χ1) is 11.4. The van der Waals surface area contributed by atoms with Gasteiger partial charge in [-0.1, -0.05) is 12.1 Å². The van der Waals surface area contributed by atoms with Crippen LogP contribution >= 0.6 is 0 Å². The second-order valence-electron chi connectivity index (χ2n) is 5.63. The van der Waals surface area contributed by atoms with E-state index in [1.807, 2.05) is 0 Å². The van der Waals surface area contributed by atoms with Crippen LogP contribution in [-0.2, 0) is 6.18 Å². The first kappa shape index (κ1) is 14.9. The van der Waals surface area contributed by atoms with Crippen molar-refractivity contribution in [1.29, 1.82) is 0 Å². The number of fused-ring (bicyclic) bond motifs is 1. The minimum atomic E-state index is -4.71. The standard InChI is InChI=1S/C15H11F4N5/c16-8-3-1-2-4-9(8)24-12-11(22-14(24)20)10(7-5-6-7)21-13(23-12)15(17,18)19/h1-4,7H,5-6H2,(H2,20,22). The highest BCUT2D eigenvalue weighted by molar-refractivity contribution is 5.80. The maximum absolute atomic E-state index is 14.1. The molecule has 2 aromatic heterocycles. The summed E-state index contributed by atoms with van der Waals surface area (Å²) in [5.74, 6) is -2.14. The lowest BCUT2D eigenvalue weighted by Crippen LogP contribution is -2.14. The molecule has 0 unspecified atom stereocenters. The molecule has 2 N–H and O–H groups in total. The highest BCUT2D eigenvalue weighted by Gasteiger charge is 2.39. The summed E-state index contributed by atoms with van der Waals surface area (Å²) in [7, 11) is 0. The Morgan fingerprint density at radius 2 is 1.79 bits per heavy atom. The van der Waals surface area contributed by atoms with Crippen LogP contribution in [0.15, 0.2) is 24.3 Å². The predicted molar refractivity (Wildman–Crippen MR) is 78.0 cm³/mol. The number of hydrogen-bond donors (Lipinski definition) is 1. The number of alkyl halides is 3. The maximum atomic E-state index is 14.1. The molecule has 5 nitrogen and oxygen atoms in total. The largest absolute Gasteiger partial charge is 0.451 e. The summed E-state index contributed by atoms with van der Waals surface area (Å²) in [6, 6.07) is 5.62. The smallest absolute Gasteiger partial charge is 0.369 e. The van der Waals surface area contributed by atoms with Crippen molar-refractivity contribution in [2.24, 2.45) is 0 Å². The highest BCUT2D eigenvalue weighted by atomic mass is 19.4. The van der Waals surface area contributed by atoms with Crippen LogP contribution in [0.3, 0.4) is 0 Å². The third kappa shape index (κ3) is 2.27. The number of anilines is 1. The summed E-state index contributed by atoms with van der Waals surface area (Å²) in [5.41, 5.74) is 6.10. The molecule has 0 amide bonds. The van der Waals surface area contributed by atoms with Crippen molar-refractivity contribution in [2.75, 3.05) is 5.73 Å². The van der Waals surface area contributed by atoms with Crippen molar-refractivity contribution >= 4 is 17.1 Å². The fourth-order valence-corrected chi connectivity index (χ4v) is 2.63. The summed E-state index contributed by atoms with van der Waals surface area (Å²) < 4.78 is 54.6. The summed E-state index contributed by atoms with van der Waals surface area (Å²) in [6.45, 7) is 0. The second kappa shape index (κ2) is 4.89. The summed E-state index contributed by atoms with van der Waals surface area (Å²) in [6.07, 6.45) is -3.25. The van der Waals surface area contributed by atoms with E-state index in [1.54, 1.807) is 6.07 Å². The number of nitrogens with two attached hydrogens (primary N) is 1. The lowest BCUT2D eigenvalue weighted by molar-refractivity contribution is -0.144. The Hall–Kier alpha value is -2.71. The Bertz CT molecular complexity index is 943. The van der Waals surface area contributed by atoms with Gasteiger partial charge < -0.3 is 5.73 Å². The molecule has 1 aromatic carbocycles. The topological polar surface area (TPSA) is 69.6 Å². The normalized spacial score (nSPS) is 15.2. The third-order valence-corrected chi connectivity index (χ3v) is 3.87. The Labute approximate surface area is 133 Å². The summed E-state index contributed by atoms with van der Waals surface area (Å²) in [4.78, 5) is 11.3. The molecule has 1 saturated carbocycles. The Kier molecular flexibility index (Phi) is 3.03. The van der Waals surface area contributed by atoms with E-state index >= 15 is 0 Å². The van der Waals surface area contributed by atoms with Gasteiger partial charge in [-0.2, -0.15) is 13.2 Å². The maximum Gasteiger partial charge on any atom is 0.451 e. The van der Waals surface area contributed by atoms with E-state index in [9.17, 15) is 17.6 Å². The lowest BCUT2D eigenvalue weighted by atomic mass is 10.2. The first-order valence-electron chi connectivity index (χ1n) is 7.24. The van der Waals surface area contributed by atoms with Gasteiger partial charge in [0.2, 0.25) is 11.8 Å². The van der Waals surface area contributed by atoms with Crippen LogP contribution in [0.1, 0.15) is 30.3 Å². The van der Waals surface area contributed by atoms with Gasteiger partial charge in [0.05, 0.1) is 11.4 Å². The quantitative estimate of drug-likeness (QED) is 0.727. The minimum Gasteiger partial charge on any atom is -0.369 e. The molecular weight excluding hydrogens is 326 g/mol. The molecule has 0 saturated heterocycles. The molecule has 0 aliphatic heterocycles. The van der Waals surface area contributed by atoms with Crippen molar-refractivity contribution in [2.45, 2.75) is 24.9 Å². The highest BCUT2D eigenvalue weighted by Crippen LogP contribution is 2.43. The van der Waals surface area contributed by atoms with Crippen molar-refractivity contribution in [3.63, 3.8) is 0 Å². The van der Waals surface area contributed by atoms with Gasteiger partial charge in [0.15, 0.2) is 5.65 Å². The fraction of sp³-hybridized carbons (Fsp3) is 0.267. The van der Waals surface area contributed by atoms with Crippen molar-refractivity contribution in [3.8, 4) is 5.69 Å². The SMILES string of the molecule is Nc1nc2c(C3CC3)nc(C(F)(F)F)nc2n1-c1ccccc1F. The molecule has 4 rings (SSSR count). The van der Waals surface area contributed by atoms with E-state index in [0.29, 0.717) is 0 Å². The van der Waals surface area contributed by atoms with Gasteiger partial charge in [0, 0.05) is 5.92 Å². The van der Waals surface area contributed by atoms with Crippen LogP contribution in [0, 0.1) is 5.82 Å². The van der Waals surface area contributed by atoms with Gasteiger partial charge >= 0.3 is 6.18 Å². The Balaban J connectivity index is 2.06. The zero-order chi connectivity index (χ0) is 17.1. The van der Waals surface area contributed by atoms with E-state index in [-0.39, 0.29) is 34.4 Å². The molecule has 0 spiro atoms. The van der Waals surface area contributed by atoms with E-state index in [4.69, 9.17) is 5.73 Å². The molecule has 24 heavy (non-hydrogen) atoms. The number of nitrogen functional groups attached to an aromatic ring is 1. The molecule has 1 aliphatic rings.